The van der Waals surface area contributed by atoms with Crippen LogP contribution < -0.4 is 15.0 Å². The Hall–Kier alpha value is -2.53. The number of carbonyl (C=O) groups excluding carboxylic acids is 2. The van der Waals surface area contributed by atoms with Gasteiger partial charge in [0.05, 0.1) is 5.69 Å². The minimum Gasteiger partial charge on any atom is -0.482 e. The molecule has 0 aromatic heterocycles. The van der Waals surface area contributed by atoms with Crippen LogP contribution in [0.1, 0.15) is 12.5 Å². The van der Waals surface area contributed by atoms with Crippen molar-refractivity contribution < 1.29 is 14.3 Å². The lowest BCUT2D eigenvalue weighted by Gasteiger charge is -2.29. The second-order valence-corrected chi connectivity index (χ2v) is 5.88. The molecule has 0 bridgehead atoms. The van der Waals surface area contributed by atoms with Gasteiger partial charge in [0.25, 0.3) is 5.91 Å². The van der Waals surface area contributed by atoms with E-state index in [1.54, 1.807) is 18.2 Å². The van der Waals surface area contributed by atoms with Gasteiger partial charge in [0.1, 0.15) is 12.3 Å². The van der Waals surface area contributed by atoms with Gasteiger partial charge in [0.2, 0.25) is 5.91 Å². The Labute approximate surface area is 145 Å². The number of ether oxygens (including phenoxy) is 1. The zero-order valence-electron chi connectivity index (χ0n) is 13.2. The molecular weight excluding hydrogens is 328 g/mol. The van der Waals surface area contributed by atoms with Gasteiger partial charge in [-0.1, -0.05) is 36.7 Å². The Balaban J connectivity index is 1.79. The SMILES string of the molecule is CCc1ccccc1NC(=O)CN1C(=O)COc2ccc(Cl)cc21. The lowest BCUT2D eigenvalue weighted by Crippen LogP contribution is -2.43. The van der Waals surface area contributed by atoms with Gasteiger partial charge in [-0.05, 0) is 36.2 Å². The molecule has 2 aromatic rings. The van der Waals surface area contributed by atoms with E-state index in [4.69, 9.17) is 16.3 Å². The molecule has 124 valence electrons. The number of benzene rings is 2. The number of anilines is 2. The van der Waals surface area contributed by atoms with Crippen molar-refractivity contribution in [2.45, 2.75) is 13.3 Å². The van der Waals surface area contributed by atoms with Crippen LogP contribution in [0.3, 0.4) is 0 Å². The van der Waals surface area contributed by atoms with Crippen molar-refractivity contribution in [2.75, 3.05) is 23.4 Å². The van der Waals surface area contributed by atoms with Crippen LogP contribution in [-0.2, 0) is 16.0 Å². The average Bonchev–Trinajstić information content (AvgIpc) is 2.58. The second kappa shape index (κ2) is 6.93. The van der Waals surface area contributed by atoms with E-state index in [1.807, 2.05) is 31.2 Å². The van der Waals surface area contributed by atoms with Gasteiger partial charge in [-0.2, -0.15) is 0 Å². The normalized spacial score (nSPS) is 13.2. The third kappa shape index (κ3) is 3.36. The minimum absolute atomic E-state index is 0.0897. The van der Waals surface area contributed by atoms with Crippen LogP contribution in [0.4, 0.5) is 11.4 Å². The molecular formula is C18H17ClN2O3. The van der Waals surface area contributed by atoms with Crippen molar-refractivity contribution in [3.63, 3.8) is 0 Å². The molecule has 2 amide bonds. The standard InChI is InChI=1S/C18H17ClN2O3/c1-2-12-5-3-4-6-14(12)20-17(22)10-21-15-9-13(19)7-8-16(15)24-11-18(21)23/h3-9H,2,10-11H2,1H3,(H,20,22). The molecule has 0 atom stereocenters. The highest BCUT2D eigenvalue weighted by atomic mass is 35.5. The summed E-state index contributed by atoms with van der Waals surface area (Å²) in [4.78, 5) is 26.0. The molecule has 1 aliphatic rings. The fourth-order valence-corrected chi connectivity index (χ4v) is 2.80. The maximum atomic E-state index is 12.4. The van der Waals surface area contributed by atoms with Crippen LogP contribution in [0.5, 0.6) is 5.75 Å². The van der Waals surface area contributed by atoms with E-state index in [9.17, 15) is 9.59 Å². The molecule has 1 heterocycles. The smallest absolute Gasteiger partial charge is 0.265 e. The molecule has 0 saturated heterocycles. The zero-order chi connectivity index (χ0) is 17.1. The van der Waals surface area contributed by atoms with Crippen LogP contribution in [0.15, 0.2) is 42.5 Å². The topological polar surface area (TPSA) is 58.6 Å². The van der Waals surface area contributed by atoms with Crippen molar-refractivity contribution in [3.05, 3.63) is 53.1 Å². The fraction of sp³-hybridized carbons (Fsp3) is 0.222. The maximum absolute atomic E-state index is 12.4. The van der Waals surface area contributed by atoms with Crippen molar-refractivity contribution >= 4 is 34.8 Å². The van der Waals surface area contributed by atoms with E-state index in [-0.39, 0.29) is 25.0 Å². The second-order valence-electron chi connectivity index (χ2n) is 5.44. The summed E-state index contributed by atoms with van der Waals surface area (Å²) in [5.41, 5.74) is 2.32. The molecule has 5 nitrogen and oxygen atoms in total. The predicted molar refractivity (Wildman–Crippen MR) is 93.7 cm³/mol. The molecule has 24 heavy (non-hydrogen) atoms. The van der Waals surface area contributed by atoms with Gasteiger partial charge in [-0.25, -0.2) is 0 Å². The van der Waals surface area contributed by atoms with E-state index in [0.29, 0.717) is 16.5 Å². The number of rotatable bonds is 4. The number of fused-ring (bicyclic) bond motifs is 1. The molecule has 6 heteroatoms. The highest BCUT2D eigenvalue weighted by Gasteiger charge is 2.27. The molecule has 0 radical (unpaired) electrons. The van der Waals surface area contributed by atoms with Gasteiger partial charge in [-0.3, -0.25) is 14.5 Å². The number of hydrogen-bond acceptors (Lipinski definition) is 3. The highest BCUT2D eigenvalue weighted by Crippen LogP contribution is 2.34. The minimum atomic E-state index is -0.274. The van der Waals surface area contributed by atoms with E-state index < -0.39 is 0 Å². The predicted octanol–water partition coefficient (Wildman–Crippen LogP) is 3.27. The molecule has 0 spiro atoms. The Morgan fingerprint density at radius 2 is 2.08 bits per heavy atom. The molecule has 0 fully saturated rings. The molecule has 0 aliphatic carbocycles. The summed E-state index contributed by atoms with van der Waals surface area (Å²) in [6.45, 7) is 1.84. The number of hydrogen-bond donors (Lipinski definition) is 1. The first-order valence-corrected chi connectivity index (χ1v) is 8.06. The van der Waals surface area contributed by atoms with Crippen molar-refractivity contribution in [2.24, 2.45) is 0 Å². The Morgan fingerprint density at radius 3 is 2.88 bits per heavy atom. The van der Waals surface area contributed by atoms with Crippen LogP contribution in [0.2, 0.25) is 5.02 Å². The van der Waals surface area contributed by atoms with Crippen LogP contribution >= 0.6 is 11.6 Å². The third-order valence-corrected chi connectivity index (χ3v) is 4.07. The van der Waals surface area contributed by atoms with Gasteiger partial charge in [0.15, 0.2) is 6.61 Å². The summed E-state index contributed by atoms with van der Waals surface area (Å²) in [5.74, 6) is 0.00141. The molecule has 1 aliphatic heterocycles. The molecule has 0 unspecified atom stereocenters. The molecule has 2 aromatic carbocycles. The largest absolute Gasteiger partial charge is 0.482 e. The Bertz CT molecular complexity index is 792. The summed E-state index contributed by atoms with van der Waals surface area (Å²) >= 11 is 6.00. The first-order chi connectivity index (χ1) is 11.6. The number of carbonyl (C=O) groups is 2. The zero-order valence-corrected chi connectivity index (χ0v) is 14.0. The number of aryl methyl sites for hydroxylation is 1. The highest BCUT2D eigenvalue weighted by molar-refractivity contribution is 6.31. The molecule has 3 rings (SSSR count). The third-order valence-electron chi connectivity index (χ3n) is 3.84. The van der Waals surface area contributed by atoms with Crippen molar-refractivity contribution in [1.29, 1.82) is 0 Å². The lowest BCUT2D eigenvalue weighted by molar-refractivity contribution is -0.123. The van der Waals surface area contributed by atoms with Crippen molar-refractivity contribution in [3.8, 4) is 5.75 Å². The van der Waals surface area contributed by atoms with Gasteiger partial charge in [0, 0.05) is 10.7 Å². The number of amides is 2. The quantitative estimate of drug-likeness (QED) is 0.926. The Kier molecular flexibility index (Phi) is 4.71. The summed E-state index contributed by atoms with van der Waals surface area (Å²) < 4.78 is 5.38. The summed E-state index contributed by atoms with van der Waals surface area (Å²) in [7, 11) is 0. The Morgan fingerprint density at radius 1 is 1.29 bits per heavy atom. The van der Waals surface area contributed by atoms with E-state index in [0.717, 1.165) is 17.7 Å². The van der Waals surface area contributed by atoms with E-state index in [1.165, 1.54) is 4.90 Å². The number of nitrogens with zero attached hydrogens (tertiary/aromatic N) is 1. The average molecular weight is 345 g/mol. The molecule has 1 N–H and O–H groups in total. The van der Waals surface area contributed by atoms with Crippen LogP contribution in [0, 0.1) is 0 Å². The van der Waals surface area contributed by atoms with E-state index >= 15 is 0 Å². The number of para-hydroxylation sites is 1. The first-order valence-electron chi connectivity index (χ1n) is 7.69. The van der Waals surface area contributed by atoms with Crippen LogP contribution in [0.25, 0.3) is 0 Å². The van der Waals surface area contributed by atoms with Crippen LogP contribution in [-0.4, -0.2) is 25.0 Å². The van der Waals surface area contributed by atoms with Gasteiger partial charge >= 0.3 is 0 Å². The van der Waals surface area contributed by atoms with Gasteiger partial charge < -0.3 is 10.1 Å². The monoisotopic (exact) mass is 344 g/mol. The van der Waals surface area contributed by atoms with E-state index in [2.05, 4.69) is 5.32 Å². The number of nitrogens with one attached hydrogen (secondary N) is 1. The maximum Gasteiger partial charge on any atom is 0.265 e. The first kappa shape index (κ1) is 16.3. The lowest BCUT2D eigenvalue weighted by atomic mass is 10.1. The van der Waals surface area contributed by atoms with Gasteiger partial charge in [-0.15, -0.1) is 0 Å². The summed E-state index contributed by atoms with van der Waals surface area (Å²) in [6.07, 6.45) is 0.811. The fourth-order valence-electron chi connectivity index (χ4n) is 2.63. The number of halogens is 1. The van der Waals surface area contributed by atoms with Crippen molar-refractivity contribution in [1.82, 2.24) is 0 Å². The summed E-state index contributed by atoms with van der Waals surface area (Å²) in [6, 6.07) is 12.6. The summed E-state index contributed by atoms with van der Waals surface area (Å²) in [5, 5.41) is 3.35. The molecule has 0 saturated carbocycles.